The number of hydrogen-bond acceptors (Lipinski definition) is 10. The molecule has 0 aromatic rings. The molecule has 0 aliphatic carbocycles. The summed E-state index contributed by atoms with van der Waals surface area (Å²) in [4.78, 5) is 8.89. The molecule has 0 spiro atoms. The fourth-order valence-corrected chi connectivity index (χ4v) is 0.612. The molecule has 0 aromatic carbocycles. The van der Waals surface area contributed by atoms with Crippen LogP contribution in [0.25, 0.3) is 0 Å². The topological polar surface area (TPSA) is 173 Å². The van der Waals surface area contributed by atoms with Gasteiger partial charge in [0, 0.05) is 5.97 Å². The minimum Gasteiger partial charge on any atom is -0.724 e. The maximum Gasteiger partial charge on any atom is 1.00 e. The molecule has 0 heterocycles. The van der Waals surface area contributed by atoms with Gasteiger partial charge in [0.2, 0.25) is 20.8 Å². The molecule has 17 heavy (non-hydrogen) atoms. The third-order valence-corrected chi connectivity index (χ3v) is 0.750. The van der Waals surface area contributed by atoms with E-state index < -0.39 is 26.8 Å². The van der Waals surface area contributed by atoms with E-state index in [-0.39, 0.29) is 132 Å². The van der Waals surface area contributed by atoms with Gasteiger partial charge >= 0.3 is 132 Å². The molecule has 0 aliphatic heterocycles. The largest absolute Gasteiger partial charge is 1.00 e. The molecule has 0 bridgehead atoms. The van der Waals surface area contributed by atoms with Gasteiger partial charge in [-0.2, -0.15) is 0 Å². The molecule has 0 N–H and O–H groups in total. The van der Waals surface area contributed by atoms with E-state index in [4.69, 9.17) is 9.90 Å². The van der Waals surface area contributed by atoms with Gasteiger partial charge in [-0.15, -0.1) is 8.67 Å². The van der Waals surface area contributed by atoms with Crippen molar-refractivity contribution in [2.24, 2.45) is 0 Å². The van der Waals surface area contributed by atoms with Crippen LogP contribution in [0, 0.1) is 0 Å². The van der Waals surface area contributed by atoms with Gasteiger partial charge in [-0.25, -0.2) is 16.8 Å². The number of aliphatic carboxylic acids is 1. The van der Waals surface area contributed by atoms with E-state index in [1.807, 2.05) is 0 Å². The monoisotopic (exact) mass is 352 g/mol. The summed E-state index contributed by atoms with van der Waals surface area (Å²) in [5.74, 6) is -1.08. The molecule has 0 aliphatic rings. The first kappa shape index (κ1) is 32.4. The van der Waals surface area contributed by atoms with E-state index in [0.717, 1.165) is 6.92 Å². The molecule has 15 heteroatoms. The molecule has 0 saturated carbocycles. The number of carbonyl (C=O) groups excluding carboxylic acids is 1. The number of hydrogen-bond donors (Lipinski definition) is 0. The average Bonchev–Trinajstić information content (AvgIpc) is 1.79. The van der Waals surface area contributed by atoms with Gasteiger partial charge in [0.25, 0.3) is 0 Å². The van der Waals surface area contributed by atoms with E-state index in [2.05, 4.69) is 8.67 Å². The van der Waals surface area contributed by atoms with Gasteiger partial charge in [0.15, 0.2) is 0 Å². The Bertz CT molecular complexity index is 337. The second-order valence-electron chi connectivity index (χ2n) is 1.44. The Morgan fingerprint density at radius 3 is 1.12 bits per heavy atom. The van der Waals surface area contributed by atoms with Crippen molar-refractivity contribution in [3.63, 3.8) is 0 Å². The summed E-state index contributed by atoms with van der Waals surface area (Å²) in [5.41, 5.74) is 0. The molecule has 0 rings (SSSR count). The van der Waals surface area contributed by atoms with Crippen molar-refractivity contribution >= 4 is 26.8 Å². The number of carboxylic acids is 1. The third-order valence-electron chi connectivity index (χ3n) is 0.194. The van der Waals surface area contributed by atoms with E-state index in [1.54, 1.807) is 0 Å². The zero-order chi connectivity index (χ0) is 12.0. The maximum atomic E-state index is 9.37. The first-order valence-corrected chi connectivity index (χ1v) is 5.07. The summed E-state index contributed by atoms with van der Waals surface area (Å²) in [6.07, 6.45) is 0. The van der Waals surface area contributed by atoms with E-state index in [1.165, 1.54) is 0 Å². The van der Waals surface area contributed by atoms with Crippen LogP contribution in [0.3, 0.4) is 0 Å². The minimum atomic E-state index is -5.31. The van der Waals surface area contributed by atoms with E-state index >= 15 is 0 Å². The molecule has 0 radical (unpaired) electrons. The Morgan fingerprint density at radius 2 is 1.06 bits per heavy atom. The van der Waals surface area contributed by atoms with Crippen LogP contribution in [0.4, 0.5) is 0 Å². The van der Waals surface area contributed by atoms with Crippen molar-refractivity contribution in [2.45, 2.75) is 6.92 Å². The average molecular weight is 352 g/mol. The summed E-state index contributed by atoms with van der Waals surface area (Å²) in [6, 6.07) is 0. The van der Waals surface area contributed by atoms with Crippen LogP contribution in [-0.4, -0.2) is 31.9 Å². The normalized spacial score (nSPS) is 9.35. The second-order valence-corrected chi connectivity index (χ2v) is 3.35. The minimum absolute atomic E-state index is 0. The van der Waals surface area contributed by atoms with E-state index in [9.17, 15) is 25.9 Å². The van der Waals surface area contributed by atoms with Crippen LogP contribution in [0.15, 0.2) is 0 Å². The number of carboxylic acid groups (broad SMARTS) is 1. The molecular formula is C2H3K2NaO10S2. The van der Waals surface area contributed by atoms with Gasteiger partial charge in [-0.05, 0) is 6.92 Å². The van der Waals surface area contributed by atoms with Crippen molar-refractivity contribution < 1.29 is 177 Å². The predicted octanol–water partition coefficient (Wildman–Crippen LogP) is -12.4. The summed E-state index contributed by atoms with van der Waals surface area (Å²) in [5, 5.41) is 8.89. The molecule has 0 amide bonds. The van der Waals surface area contributed by atoms with Gasteiger partial charge in [0.05, 0.1) is 0 Å². The van der Waals surface area contributed by atoms with Crippen LogP contribution < -0.4 is 137 Å². The molecule has 10 nitrogen and oxygen atoms in total. The molecule has 0 unspecified atom stereocenters. The smallest absolute Gasteiger partial charge is 0.724 e. The van der Waals surface area contributed by atoms with Crippen LogP contribution in [0.1, 0.15) is 6.92 Å². The van der Waals surface area contributed by atoms with Crippen molar-refractivity contribution in [3.05, 3.63) is 0 Å². The fraction of sp³-hybridized carbons (Fsp3) is 0.500. The first-order chi connectivity index (χ1) is 5.94. The molecule has 0 atom stereocenters. The maximum absolute atomic E-state index is 9.37. The zero-order valence-corrected chi connectivity index (χ0v) is 19.3. The Balaban J connectivity index is -0.0000000607. The molecule has 0 fully saturated rings. The number of carbonyl (C=O) groups is 1. The molecule has 0 aromatic heterocycles. The first-order valence-electron chi connectivity index (χ1n) is 2.41. The van der Waals surface area contributed by atoms with E-state index in [0.29, 0.717) is 0 Å². The third kappa shape index (κ3) is 54.2. The van der Waals surface area contributed by atoms with Crippen LogP contribution >= 0.6 is 0 Å². The standard InChI is InChI=1S/C2H4O2.2K.Na.H2O8S2/c1-2(3)4;;;;1-9(2,3)7-8-10(4,5)6/h1H3,(H,3,4);;;;(H,1,2,3)(H,4,5,6)/q;3*+1;/p-3. The van der Waals surface area contributed by atoms with Crippen LogP contribution in [0.2, 0.25) is 0 Å². The van der Waals surface area contributed by atoms with Gasteiger partial charge in [0.1, 0.15) is 0 Å². The summed E-state index contributed by atoms with van der Waals surface area (Å²) < 4.78 is 61.5. The van der Waals surface area contributed by atoms with Crippen LogP contribution in [-0.2, 0) is 34.3 Å². The summed E-state index contributed by atoms with van der Waals surface area (Å²) >= 11 is 0. The van der Waals surface area contributed by atoms with Crippen molar-refractivity contribution in [2.75, 3.05) is 0 Å². The van der Waals surface area contributed by atoms with Gasteiger partial charge < -0.3 is 19.0 Å². The number of rotatable bonds is 3. The quantitative estimate of drug-likeness (QED) is 0.156. The Labute approximate surface area is 205 Å². The van der Waals surface area contributed by atoms with Gasteiger partial charge in [-0.1, -0.05) is 0 Å². The predicted molar refractivity (Wildman–Crippen MR) is 32.2 cm³/mol. The second kappa shape index (κ2) is 15.9. The Kier molecular flexibility index (Phi) is 30.3. The Morgan fingerprint density at radius 1 is 0.941 bits per heavy atom. The van der Waals surface area contributed by atoms with Crippen LogP contribution in [0.5, 0.6) is 0 Å². The Hall–Kier alpha value is 3.48. The van der Waals surface area contributed by atoms with Crippen molar-refractivity contribution in [1.82, 2.24) is 0 Å². The fourth-order valence-electron chi connectivity index (χ4n) is 0.0680. The molecular weight excluding hydrogens is 349 g/mol. The van der Waals surface area contributed by atoms with Crippen molar-refractivity contribution in [1.29, 1.82) is 0 Å². The SMILES string of the molecule is CC(=O)[O-].O=S(=O)([O-])OOS(=O)(=O)[O-].[K+].[K+].[Na+]. The van der Waals surface area contributed by atoms with Gasteiger partial charge in [-0.3, -0.25) is 0 Å². The zero-order valence-electron chi connectivity index (χ0n) is 9.40. The van der Waals surface area contributed by atoms with Crippen molar-refractivity contribution in [3.8, 4) is 0 Å². The molecule has 0 saturated heterocycles. The summed E-state index contributed by atoms with van der Waals surface area (Å²) in [6.45, 7) is 0.972. The molecule has 86 valence electrons. The summed E-state index contributed by atoms with van der Waals surface area (Å²) in [7, 11) is -10.6.